The first kappa shape index (κ1) is 16.3. The number of hydrogen-bond acceptors (Lipinski definition) is 2. The Morgan fingerprint density at radius 2 is 1.68 bits per heavy atom. The van der Waals surface area contributed by atoms with Gasteiger partial charge in [0.2, 0.25) is 0 Å². The van der Waals surface area contributed by atoms with Crippen LogP contribution in [0.5, 0.6) is 0 Å². The fourth-order valence-electron chi connectivity index (χ4n) is 2.30. The lowest BCUT2D eigenvalue weighted by molar-refractivity contribution is 0.579. The molecule has 0 saturated carbocycles. The van der Waals surface area contributed by atoms with E-state index in [-0.39, 0.29) is 4.90 Å². The maximum atomic E-state index is 12.5. The van der Waals surface area contributed by atoms with Crippen LogP contribution in [-0.2, 0) is 16.3 Å². The van der Waals surface area contributed by atoms with Crippen molar-refractivity contribution >= 4 is 9.84 Å². The van der Waals surface area contributed by atoms with Crippen LogP contribution in [0.4, 0.5) is 0 Å². The summed E-state index contributed by atoms with van der Waals surface area (Å²) in [5, 5.41) is -1.00. The first-order chi connectivity index (χ1) is 10.5. The molecule has 0 saturated heterocycles. The summed E-state index contributed by atoms with van der Waals surface area (Å²) < 4.78 is 25.0. The van der Waals surface area contributed by atoms with Crippen LogP contribution in [-0.4, -0.2) is 13.8 Å². The Morgan fingerprint density at radius 3 is 2.27 bits per heavy atom. The van der Waals surface area contributed by atoms with E-state index in [4.69, 9.17) is 6.57 Å². The van der Waals surface area contributed by atoms with Gasteiger partial charge in [0.05, 0.1) is 4.90 Å². The molecule has 0 N–H and O–H groups in total. The second-order valence-corrected chi connectivity index (χ2v) is 7.43. The minimum absolute atomic E-state index is 0.235. The summed E-state index contributed by atoms with van der Waals surface area (Å²) in [5.74, 6) is 0. The van der Waals surface area contributed by atoms with Crippen LogP contribution in [0.25, 0.3) is 4.85 Å². The zero-order valence-electron chi connectivity index (χ0n) is 12.6. The highest BCUT2D eigenvalue weighted by molar-refractivity contribution is 7.92. The highest BCUT2D eigenvalue weighted by Gasteiger charge is 2.31. The van der Waals surface area contributed by atoms with Gasteiger partial charge in [-0.05, 0) is 37.5 Å². The van der Waals surface area contributed by atoms with Crippen molar-refractivity contribution in [3.63, 3.8) is 0 Å². The molecule has 0 aliphatic heterocycles. The molecule has 4 heteroatoms. The van der Waals surface area contributed by atoms with Crippen molar-refractivity contribution in [1.82, 2.24) is 0 Å². The third-order valence-electron chi connectivity index (χ3n) is 3.61. The van der Waals surface area contributed by atoms with Gasteiger partial charge >= 0.3 is 5.37 Å². The molecular formula is C18H19NO2S. The van der Waals surface area contributed by atoms with Crippen LogP contribution in [0.1, 0.15) is 24.0 Å². The van der Waals surface area contributed by atoms with E-state index in [0.717, 1.165) is 12.0 Å². The van der Waals surface area contributed by atoms with Gasteiger partial charge in [-0.15, -0.1) is 0 Å². The van der Waals surface area contributed by atoms with Crippen molar-refractivity contribution in [3.05, 3.63) is 77.1 Å². The molecule has 114 valence electrons. The SMILES string of the molecule is [C-]#[N+]C(CCCc1ccccc1)S(=O)(=O)c1ccc(C)cc1. The average molecular weight is 313 g/mol. The first-order valence-electron chi connectivity index (χ1n) is 7.25. The molecule has 1 atom stereocenters. The van der Waals surface area contributed by atoms with Crippen molar-refractivity contribution in [3.8, 4) is 0 Å². The summed E-state index contributed by atoms with van der Waals surface area (Å²) in [5.41, 5.74) is 2.17. The first-order valence-corrected chi connectivity index (χ1v) is 8.80. The zero-order chi connectivity index (χ0) is 16.0. The topological polar surface area (TPSA) is 38.5 Å². The maximum absolute atomic E-state index is 12.5. The third kappa shape index (κ3) is 3.96. The van der Waals surface area contributed by atoms with Crippen molar-refractivity contribution in [1.29, 1.82) is 0 Å². The van der Waals surface area contributed by atoms with Gasteiger partial charge in [0.25, 0.3) is 9.84 Å². The Morgan fingerprint density at radius 1 is 1.05 bits per heavy atom. The summed E-state index contributed by atoms with van der Waals surface area (Å²) in [4.78, 5) is 3.59. The maximum Gasteiger partial charge on any atom is 0.325 e. The summed E-state index contributed by atoms with van der Waals surface area (Å²) in [6, 6.07) is 16.6. The Bertz CT molecular complexity index is 744. The second kappa shape index (κ2) is 7.24. The van der Waals surface area contributed by atoms with Gasteiger partial charge in [0.1, 0.15) is 0 Å². The number of rotatable bonds is 6. The minimum Gasteiger partial charge on any atom is -0.296 e. The Hall–Kier alpha value is -2.12. The highest BCUT2D eigenvalue weighted by atomic mass is 32.2. The molecule has 0 amide bonds. The van der Waals surface area contributed by atoms with Crippen molar-refractivity contribution in [2.45, 2.75) is 36.5 Å². The van der Waals surface area contributed by atoms with Crippen LogP contribution < -0.4 is 0 Å². The molecular weight excluding hydrogens is 294 g/mol. The molecule has 0 aliphatic rings. The largest absolute Gasteiger partial charge is 0.325 e. The third-order valence-corrected chi connectivity index (χ3v) is 5.60. The van der Waals surface area contributed by atoms with Crippen LogP contribution in [0.2, 0.25) is 0 Å². The monoisotopic (exact) mass is 313 g/mol. The van der Waals surface area contributed by atoms with Crippen molar-refractivity contribution < 1.29 is 8.42 Å². The molecule has 22 heavy (non-hydrogen) atoms. The molecule has 0 heterocycles. The Balaban J connectivity index is 2.04. The molecule has 0 radical (unpaired) electrons. The van der Waals surface area contributed by atoms with E-state index in [1.807, 2.05) is 37.3 Å². The van der Waals surface area contributed by atoms with Crippen molar-refractivity contribution in [2.24, 2.45) is 0 Å². The molecule has 2 rings (SSSR count). The Kier molecular flexibility index (Phi) is 5.35. The van der Waals surface area contributed by atoms with Crippen LogP contribution in [0, 0.1) is 13.5 Å². The predicted octanol–water partition coefficient (Wildman–Crippen LogP) is 4.04. The second-order valence-electron chi connectivity index (χ2n) is 5.32. The average Bonchev–Trinajstić information content (AvgIpc) is 2.53. The standard InChI is InChI=1S/C18H19NO2S/c1-15-11-13-17(14-12-15)22(20,21)18(19-2)10-6-9-16-7-4-3-5-8-16/h3-5,7-8,11-14,18H,6,9-10H2,1H3. The number of hydrogen-bond donors (Lipinski definition) is 0. The number of sulfone groups is 1. The highest BCUT2D eigenvalue weighted by Crippen LogP contribution is 2.22. The molecule has 3 nitrogen and oxygen atoms in total. The normalized spacial score (nSPS) is 12.5. The van der Waals surface area contributed by atoms with E-state index >= 15 is 0 Å². The van der Waals surface area contributed by atoms with Gasteiger partial charge in [-0.3, -0.25) is 4.85 Å². The van der Waals surface area contributed by atoms with E-state index in [0.29, 0.717) is 12.8 Å². The van der Waals surface area contributed by atoms with Gasteiger partial charge in [0, 0.05) is 6.42 Å². The van der Waals surface area contributed by atoms with Crippen LogP contribution in [0.15, 0.2) is 59.5 Å². The van der Waals surface area contributed by atoms with Crippen molar-refractivity contribution in [2.75, 3.05) is 0 Å². The van der Waals surface area contributed by atoms with E-state index in [9.17, 15) is 8.42 Å². The van der Waals surface area contributed by atoms with Gasteiger partial charge in [-0.2, -0.15) is 0 Å². The molecule has 0 fully saturated rings. The van der Waals surface area contributed by atoms with E-state index < -0.39 is 15.2 Å². The lowest BCUT2D eigenvalue weighted by Crippen LogP contribution is -2.18. The molecule has 2 aromatic carbocycles. The smallest absolute Gasteiger partial charge is 0.296 e. The van der Waals surface area contributed by atoms with E-state index in [1.54, 1.807) is 24.3 Å². The predicted molar refractivity (Wildman–Crippen MR) is 88.1 cm³/mol. The van der Waals surface area contributed by atoms with Gasteiger partial charge in [-0.25, -0.2) is 15.0 Å². The van der Waals surface area contributed by atoms with Gasteiger partial charge < -0.3 is 0 Å². The summed E-state index contributed by atoms with van der Waals surface area (Å²) >= 11 is 0. The minimum atomic E-state index is -3.58. The molecule has 0 spiro atoms. The molecule has 2 aromatic rings. The van der Waals surface area contributed by atoms with E-state index in [1.165, 1.54) is 5.56 Å². The quantitative estimate of drug-likeness (QED) is 0.755. The summed E-state index contributed by atoms with van der Waals surface area (Å²) in [6.07, 6.45) is 1.83. The lowest BCUT2D eigenvalue weighted by atomic mass is 10.1. The fraction of sp³-hybridized carbons (Fsp3) is 0.278. The fourth-order valence-corrected chi connectivity index (χ4v) is 3.74. The zero-order valence-corrected chi connectivity index (χ0v) is 13.4. The summed E-state index contributed by atoms with van der Waals surface area (Å²) in [6.45, 7) is 9.14. The van der Waals surface area contributed by atoms with E-state index in [2.05, 4.69) is 4.85 Å². The molecule has 0 aliphatic carbocycles. The summed E-state index contributed by atoms with van der Waals surface area (Å²) in [7, 11) is -3.58. The Labute approximate surface area is 132 Å². The van der Waals surface area contributed by atoms with Gasteiger partial charge in [0.15, 0.2) is 0 Å². The van der Waals surface area contributed by atoms with Gasteiger partial charge in [-0.1, -0.05) is 48.0 Å². The lowest BCUT2D eigenvalue weighted by Gasteiger charge is -2.08. The van der Waals surface area contributed by atoms with Crippen LogP contribution in [0.3, 0.4) is 0 Å². The number of benzene rings is 2. The van der Waals surface area contributed by atoms with Crippen LogP contribution >= 0.6 is 0 Å². The molecule has 0 aromatic heterocycles. The number of nitrogens with zero attached hydrogens (tertiary/aromatic N) is 1. The molecule has 1 unspecified atom stereocenters. The molecule has 0 bridgehead atoms. The number of aryl methyl sites for hydroxylation is 2.